The third-order valence-electron chi connectivity index (χ3n) is 3.32. The SMILES string of the molecule is C=CCOC=O.CC=C(C)C(=O)OCCCCCCCCCCO. The molecule has 140 valence electrons. The topological polar surface area (TPSA) is 72.8 Å². The van der Waals surface area contributed by atoms with Gasteiger partial charge in [-0.1, -0.05) is 57.3 Å². The first-order valence-corrected chi connectivity index (χ1v) is 8.71. The average Bonchev–Trinajstić information content (AvgIpc) is 2.61. The van der Waals surface area contributed by atoms with Crippen LogP contribution in [0, 0.1) is 0 Å². The smallest absolute Gasteiger partial charge is 0.333 e. The van der Waals surface area contributed by atoms with Crippen LogP contribution in [0.1, 0.15) is 65.2 Å². The van der Waals surface area contributed by atoms with Crippen molar-refractivity contribution in [2.75, 3.05) is 19.8 Å². The maximum absolute atomic E-state index is 11.3. The van der Waals surface area contributed by atoms with Crippen molar-refractivity contribution in [1.82, 2.24) is 0 Å². The molecule has 0 bridgehead atoms. The minimum absolute atomic E-state index is 0.193. The van der Waals surface area contributed by atoms with Gasteiger partial charge in [0.05, 0.1) is 6.61 Å². The summed E-state index contributed by atoms with van der Waals surface area (Å²) in [4.78, 5) is 20.6. The van der Waals surface area contributed by atoms with Gasteiger partial charge in [0.25, 0.3) is 6.47 Å². The zero-order valence-electron chi connectivity index (χ0n) is 15.3. The van der Waals surface area contributed by atoms with E-state index >= 15 is 0 Å². The molecule has 1 N–H and O–H groups in total. The lowest BCUT2D eigenvalue weighted by Gasteiger charge is -2.04. The lowest BCUT2D eigenvalue weighted by atomic mass is 10.1. The van der Waals surface area contributed by atoms with Gasteiger partial charge in [0.15, 0.2) is 0 Å². The van der Waals surface area contributed by atoms with Gasteiger partial charge >= 0.3 is 5.97 Å². The second kappa shape index (κ2) is 21.4. The molecular formula is C19H34O5. The molecule has 0 atom stereocenters. The van der Waals surface area contributed by atoms with E-state index in [2.05, 4.69) is 11.3 Å². The van der Waals surface area contributed by atoms with E-state index in [-0.39, 0.29) is 5.97 Å². The fraction of sp³-hybridized carbons (Fsp3) is 0.684. The van der Waals surface area contributed by atoms with Crippen LogP contribution in [0.4, 0.5) is 0 Å². The van der Waals surface area contributed by atoms with Crippen LogP contribution < -0.4 is 0 Å². The summed E-state index contributed by atoms with van der Waals surface area (Å²) in [5.74, 6) is -0.193. The zero-order chi connectivity index (χ0) is 18.5. The number of carbonyl (C=O) groups excluding carboxylic acids is 2. The molecule has 0 spiro atoms. The van der Waals surface area contributed by atoms with Crippen LogP contribution >= 0.6 is 0 Å². The minimum atomic E-state index is -0.193. The highest BCUT2D eigenvalue weighted by Gasteiger charge is 2.03. The number of rotatable bonds is 14. The molecule has 0 aromatic heterocycles. The molecule has 0 aliphatic carbocycles. The van der Waals surface area contributed by atoms with Gasteiger partial charge in [-0.2, -0.15) is 0 Å². The van der Waals surface area contributed by atoms with Gasteiger partial charge in [0, 0.05) is 12.2 Å². The Hall–Kier alpha value is -1.62. The highest BCUT2D eigenvalue weighted by molar-refractivity contribution is 5.87. The third-order valence-corrected chi connectivity index (χ3v) is 3.32. The Morgan fingerprint density at radius 1 is 1.04 bits per heavy atom. The first-order chi connectivity index (χ1) is 11.6. The molecule has 0 saturated heterocycles. The molecule has 0 heterocycles. The number of allylic oxidation sites excluding steroid dienone is 1. The summed E-state index contributed by atoms with van der Waals surface area (Å²) in [6, 6.07) is 0. The summed E-state index contributed by atoms with van der Waals surface area (Å²) in [6.07, 6.45) is 12.3. The van der Waals surface area contributed by atoms with E-state index in [4.69, 9.17) is 9.84 Å². The molecule has 0 amide bonds. The van der Waals surface area contributed by atoms with Crippen molar-refractivity contribution in [1.29, 1.82) is 0 Å². The summed E-state index contributed by atoms with van der Waals surface area (Å²) in [6.45, 7) is 8.48. The highest BCUT2D eigenvalue weighted by atomic mass is 16.5. The molecule has 5 heteroatoms. The van der Waals surface area contributed by atoms with Crippen molar-refractivity contribution in [2.45, 2.75) is 65.2 Å². The minimum Gasteiger partial charge on any atom is -0.464 e. The first kappa shape index (κ1) is 24.6. The van der Waals surface area contributed by atoms with Crippen molar-refractivity contribution < 1.29 is 24.2 Å². The highest BCUT2D eigenvalue weighted by Crippen LogP contribution is 2.08. The second-order valence-electron chi connectivity index (χ2n) is 5.38. The monoisotopic (exact) mass is 342 g/mol. The molecule has 0 aromatic rings. The van der Waals surface area contributed by atoms with Gasteiger partial charge in [-0.25, -0.2) is 4.79 Å². The van der Waals surface area contributed by atoms with Gasteiger partial charge < -0.3 is 14.6 Å². The van der Waals surface area contributed by atoms with Crippen molar-refractivity contribution >= 4 is 12.4 Å². The number of ether oxygens (including phenoxy) is 2. The molecule has 0 rings (SSSR count). The van der Waals surface area contributed by atoms with E-state index in [9.17, 15) is 9.59 Å². The summed E-state index contributed by atoms with van der Waals surface area (Å²) < 4.78 is 9.30. The van der Waals surface area contributed by atoms with E-state index in [1.54, 1.807) is 13.0 Å². The van der Waals surface area contributed by atoms with Crippen LogP contribution in [0.5, 0.6) is 0 Å². The van der Waals surface area contributed by atoms with Crippen LogP contribution in [0.15, 0.2) is 24.3 Å². The van der Waals surface area contributed by atoms with Crippen molar-refractivity contribution in [2.24, 2.45) is 0 Å². The predicted octanol–water partition coefficient (Wildman–Crippen LogP) is 3.95. The van der Waals surface area contributed by atoms with E-state index in [0.717, 1.165) is 25.7 Å². The fourth-order valence-electron chi connectivity index (χ4n) is 1.78. The Bertz CT molecular complexity index is 329. The number of hydrogen-bond donors (Lipinski definition) is 1. The fourth-order valence-corrected chi connectivity index (χ4v) is 1.78. The van der Waals surface area contributed by atoms with Crippen molar-refractivity contribution in [3.8, 4) is 0 Å². The number of hydrogen-bond acceptors (Lipinski definition) is 5. The standard InChI is InChI=1S/C15H28O3.C4H6O2/c1-3-14(2)15(17)18-13-11-9-7-5-4-6-8-10-12-16;1-2-3-6-4-5/h3,16H,4-13H2,1-2H3;2,4H,1,3H2. The van der Waals surface area contributed by atoms with Gasteiger partial charge in [0.2, 0.25) is 0 Å². The van der Waals surface area contributed by atoms with Crippen LogP contribution in [0.2, 0.25) is 0 Å². The zero-order valence-corrected chi connectivity index (χ0v) is 15.3. The summed E-state index contributed by atoms with van der Waals surface area (Å²) >= 11 is 0. The lowest BCUT2D eigenvalue weighted by molar-refractivity contribution is -0.139. The second-order valence-corrected chi connectivity index (χ2v) is 5.38. The average molecular weight is 342 g/mol. The Labute approximate surface area is 146 Å². The molecule has 0 aliphatic rings. The maximum atomic E-state index is 11.3. The molecule has 0 unspecified atom stereocenters. The molecular weight excluding hydrogens is 308 g/mol. The molecule has 0 aliphatic heterocycles. The molecule has 0 radical (unpaired) electrons. The van der Waals surface area contributed by atoms with E-state index in [1.165, 1.54) is 31.8 Å². The molecule has 0 saturated carbocycles. The largest absolute Gasteiger partial charge is 0.464 e. The molecule has 5 nitrogen and oxygen atoms in total. The quantitative estimate of drug-likeness (QED) is 0.170. The molecule has 24 heavy (non-hydrogen) atoms. The van der Waals surface area contributed by atoms with Gasteiger partial charge in [0.1, 0.15) is 6.61 Å². The number of aliphatic hydroxyl groups excluding tert-OH is 1. The van der Waals surface area contributed by atoms with Crippen LogP contribution in [0.25, 0.3) is 0 Å². The number of carbonyl (C=O) groups is 2. The van der Waals surface area contributed by atoms with E-state index < -0.39 is 0 Å². The summed E-state index contributed by atoms with van der Waals surface area (Å²) in [5.41, 5.74) is 0.680. The number of aliphatic hydroxyl groups is 1. The molecule has 0 fully saturated rings. The van der Waals surface area contributed by atoms with E-state index in [0.29, 0.717) is 31.9 Å². The van der Waals surface area contributed by atoms with Crippen molar-refractivity contribution in [3.05, 3.63) is 24.3 Å². The van der Waals surface area contributed by atoms with Gasteiger partial charge in [-0.15, -0.1) is 0 Å². The van der Waals surface area contributed by atoms with Crippen LogP contribution in [-0.4, -0.2) is 37.4 Å². The molecule has 0 aromatic carbocycles. The van der Waals surface area contributed by atoms with E-state index in [1.807, 2.05) is 6.92 Å². The first-order valence-electron chi connectivity index (χ1n) is 8.71. The van der Waals surface area contributed by atoms with Crippen molar-refractivity contribution in [3.63, 3.8) is 0 Å². The Balaban J connectivity index is 0. The van der Waals surface area contributed by atoms with Gasteiger partial charge in [-0.3, -0.25) is 4.79 Å². The maximum Gasteiger partial charge on any atom is 0.333 e. The van der Waals surface area contributed by atoms with Crippen LogP contribution in [-0.2, 0) is 19.1 Å². The lowest BCUT2D eigenvalue weighted by Crippen LogP contribution is -2.06. The normalized spacial score (nSPS) is 10.4. The Morgan fingerprint density at radius 3 is 2.00 bits per heavy atom. The summed E-state index contributed by atoms with van der Waals surface area (Å²) in [5, 5.41) is 8.62. The summed E-state index contributed by atoms with van der Waals surface area (Å²) in [7, 11) is 0. The Kier molecular flexibility index (Phi) is 21.9. The Morgan fingerprint density at radius 2 is 1.58 bits per heavy atom. The number of unbranched alkanes of at least 4 members (excludes halogenated alkanes) is 7. The van der Waals surface area contributed by atoms with Crippen LogP contribution in [0.3, 0.4) is 0 Å². The number of esters is 1. The predicted molar refractivity (Wildman–Crippen MR) is 96.6 cm³/mol. The third kappa shape index (κ3) is 20.4. The van der Waals surface area contributed by atoms with Gasteiger partial charge in [-0.05, 0) is 26.7 Å².